The Balaban J connectivity index is 2.47. The summed E-state index contributed by atoms with van der Waals surface area (Å²) in [5.74, 6) is -0.0892. The Kier molecular flexibility index (Phi) is 5.79. The van der Waals surface area contributed by atoms with E-state index in [1.807, 2.05) is 37.9 Å². The molecule has 0 aliphatic heterocycles. The number of rotatable bonds is 6. The van der Waals surface area contributed by atoms with Crippen LogP contribution >= 0.6 is 11.6 Å². The summed E-state index contributed by atoms with van der Waals surface area (Å²) in [4.78, 5) is 13.8. The lowest BCUT2D eigenvalue weighted by Crippen LogP contribution is -2.45. The van der Waals surface area contributed by atoms with E-state index in [0.717, 1.165) is 0 Å². The molecule has 0 atom stereocenters. The third-order valence-electron chi connectivity index (χ3n) is 3.24. The van der Waals surface area contributed by atoms with Gasteiger partial charge in [0.05, 0.1) is 17.3 Å². The molecule has 1 aromatic rings. The smallest absolute Gasteiger partial charge is 0.225 e. The minimum Gasteiger partial charge on any atom is -0.394 e. The minimum atomic E-state index is -0.329. The fourth-order valence-corrected chi connectivity index (χ4v) is 1.65. The second-order valence-electron chi connectivity index (χ2n) is 5.17. The van der Waals surface area contributed by atoms with Crippen LogP contribution in [0.1, 0.15) is 20.3 Å². The number of anilines is 1. The number of carbonyl (C=O) groups excluding carboxylic acids is 1. The molecular weight excluding hydrogens is 264 g/mol. The van der Waals surface area contributed by atoms with Crippen molar-refractivity contribution in [2.75, 3.05) is 25.5 Å². The number of likely N-dealkylation sites (N-methyl/N-ethyl adjacent to an activating group) is 1. The van der Waals surface area contributed by atoms with E-state index in [-0.39, 0.29) is 18.1 Å². The number of hydrogen-bond acceptors (Lipinski definition) is 3. The summed E-state index contributed by atoms with van der Waals surface area (Å²) in [6.07, 6.45) is 0.352. The van der Waals surface area contributed by atoms with E-state index >= 15 is 0 Å². The molecule has 1 rings (SSSR count). The Hall–Kier alpha value is -1.10. The van der Waals surface area contributed by atoms with Gasteiger partial charge in [0.25, 0.3) is 0 Å². The minimum absolute atomic E-state index is 0.0512. The molecule has 0 aliphatic carbocycles. The van der Waals surface area contributed by atoms with Gasteiger partial charge in [-0.2, -0.15) is 0 Å². The predicted octanol–water partition coefficient (Wildman–Crippen LogP) is 2.37. The highest BCUT2D eigenvalue weighted by Crippen LogP contribution is 2.20. The number of aliphatic hydroxyl groups is 1. The molecule has 19 heavy (non-hydrogen) atoms. The summed E-state index contributed by atoms with van der Waals surface area (Å²) < 4.78 is 0. The Bertz CT molecular complexity index is 435. The summed E-state index contributed by atoms with van der Waals surface area (Å²) >= 11 is 5.97. The molecule has 0 saturated carbocycles. The second-order valence-corrected chi connectivity index (χ2v) is 5.58. The first kappa shape index (κ1) is 16.0. The van der Waals surface area contributed by atoms with Crippen LogP contribution in [0.4, 0.5) is 5.69 Å². The number of nitrogens with one attached hydrogen (secondary N) is 1. The highest BCUT2D eigenvalue weighted by atomic mass is 35.5. The number of aliphatic hydroxyl groups excluding tert-OH is 1. The van der Waals surface area contributed by atoms with E-state index in [1.165, 1.54) is 0 Å². The number of carbonyl (C=O) groups is 1. The monoisotopic (exact) mass is 284 g/mol. The number of hydrogen-bond donors (Lipinski definition) is 2. The van der Waals surface area contributed by atoms with Crippen LogP contribution in [0.25, 0.3) is 0 Å². The lowest BCUT2D eigenvalue weighted by molar-refractivity contribution is -0.116. The molecule has 0 radical (unpaired) electrons. The maximum atomic E-state index is 11.8. The first-order chi connectivity index (χ1) is 8.86. The van der Waals surface area contributed by atoms with Crippen LogP contribution in [0.2, 0.25) is 5.02 Å². The molecule has 0 bridgehead atoms. The van der Waals surface area contributed by atoms with Crippen molar-refractivity contribution in [3.05, 3.63) is 29.3 Å². The lowest BCUT2D eigenvalue weighted by Gasteiger charge is -2.33. The first-order valence-corrected chi connectivity index (χ1v) is 6.61. The van der Waals surface area contributed by atoms with Gasteiger partial charge >= 0.3 is 0 Å². The van der Waals surface area contributed by atoms with E-state index in [9.17, 15) is 9.90 Å². The van der Waals surface area contributed by atoms with Crippen LogP contribution in [0, 0.1) is 0 Å². The summed E-state index contributed by atoms with van der Waals surface area (Å²) in [5.41, 5.74) is 0.295. The van der Waals surface area contributed by atoms with E-state index in [2.05, 4.69) is 5.32 Å². The first-order valence-electron chi connectivity index (χ1n) is 6.23. The van der Waals surface area contributed by atoms with Gasteiger partial charge < -0.3 is 10.4 Å². The predicted molar refractivity (Wildman–Crippen MR) is 78.5 cm³/mol. The highest BCUT2D eigenvalue weighted by molar-refractivity contribution is 6.33. The zero-order valence-electron chi connectivity index (χ0n) is 11.6. The van der Waals surface area contributed by atoms with Gasteiger partial charge in [-0.15, -0.1) is 0 Å². The van der Waals surface area contributed by atoms with Gasteiger partial charge in [0.2, 0.25) is 5.91 Å². The third kappa shape index (κ3) is 4.82. The van der Waals surface area contributed by atoms with Crippen LogP contribution in [0.15, 0.2) is 24.3 Å². The van der Waals surface area contributed by atoms with Crippen molar-refractivity contribution in [3.8, 4) is 0 Å². The van der Waals surface area contributed by atoms with Crippen molar-refractivity contribution in [1.82, 2.24) is 4.90 Å². The Morgan fingerprint density at radius 2 is 2.05 bits per heavy atom. The van der Waals surface area contributed by atoms with Crippen LogP contribution in [-0.4, -0.2) is 41.7 Å². The molecule has 1 amide bonds. The van der Waals surface area contributed by atoms with Crippen molar-refractivity contribution < 1.29 is 9.90 Å². The van der Waals surface area contributed by atoms with Gasteiger partial charge in [-0.05, 0) is 33.0 Å². The van der Waals surface area contributed by atoms with Gasteiger partial charge in [0.1, 0.15) is 0 Å². The SMILES string of the molecule is CN(CCC(=O)Nc1ccccc1Cl)C(C)(C)CO. The summed E-state index contributed by atoms with van der Waals surface area (Å²) in [6, 6.07) is 7.14. The molecule has 0 heterocycles. The summed E-state index contributed by atoms with van der Waals surface area (Å²) in [7, 11) is 1.89. The lowest BCUT2D eigenvalue weighted by atomic mass is 10.1. The number of para-hydroxylation sites is 1. The van der Waals surface area contributed by atoms with Crippen molar-refractivity contribution >= 4 is 23.2 Å². The summed E-state index contributed by atoms with van der Waals surface area (Å²) in [5, 5.41) is 12.5. The van der Waals surface area contributed by atoms with Gasteiger partial charge in [0, 0.05) is 18.5 Å². The quantitative estimate of drug-likeness (QED) is 0.843. The van der Waals surface area contributed by atoms with E-state index in [4.69, 9.17) is 11.6 Å². The van der Waals surface area contributed by atoms with Crippen molar-refractivity contribution in [2.24, 2.45) is 0 Å². The van der Waals surface area contributed by atoms with Crippen LogP contribution in [0.3, 0.4) is 0 Å². The largest absolute Gasteiger partial charge is 0.394 e. The van der Waals surface area contributed by atoms with Crippen LogP contribution in [0.5, 0.6) is 0 Å². The fraction of sp³-hybridized carbons (Fsp3) is 0.500. The fourth-order valence-electron chi connectivity index (χ4n) is 1.47. The molecule has 0 aromatic heterocycles. The van der Waals surface area contributed by atoms with E-state index < -0.39 is 0 Å². The van der Waals surface area contributed by atoms with Crippen molar-refractivity contribution in [1.29, 1.82) is 0 Å². The maximum absolute atomic E-state index is 11.8. The number of amides is 1. The molecule has 0 saturated heterocycles. The molecule has 0 spiro atoms. The number of halogens is 1. The van der Waals surface area contributed by atoms with Gasteiger partial charge in [-0.1, -0.05) is 23.7 Å². The molecule has 2 N–H and O–H groups in total. The number of benzene rings is 1. The highest BCUT2D eigenvalue weighted by Gasteiger charge is 2.22. The van der Waals surface area contributed by atoms with E-state index in [1.54, 1.807) is 12.1 Å². The second kappa shape index (κ2) is 6.89. The standard InChI is InChI=1S/C14H21ClN2O2/c1-14(2,10-18)17(3)9-8-13(19)16-12-7-5-4-6-11(12)15/h4-7,18H,8-10H2,1-3H3,(H,16,19). The van der Waals surface area contributed by atoms with Gasteiger partial charge in [0.15, 0.2) is 0 Å². The molecule has 0 aliphatic rings. The van der Waals surface area contributed by atoms with Crippen LogP contribution < -0.4 is 5.32 Å². The summed E-state index contributed by atoms with van der Waals surface area (Å²) in [6.45, 7) is 4.48. The third-order valence-corrected chi connectivity index (χ3v) is 3.57. The van der Waals surface area contributed by atoms with Crippen molar-refractivity contribution in [3.63, 3.8) is 0 Å². The molecule has 4 nitrogen and oxygen atoms in total. The van der Waals surface area contributed by atoms with Crippen molar-refractivity contribution in [2.45, 2.75) is 25.8 Å². The topological polar surface area (TPSA) is 52.6 Å². The molecule has 1 aromatic carbocycles. The maximum Gasteiger partial charge on any atom is 0.225 e. The molecule has 0 fully saturated rings. The van der Waals surface area contributed by atoms with Gasteiger partial charge in [-0.25, -0.2) is 0 Å². The molecule has 106 valence electrons. The molecule has 5 heteroatoms. The molecular formula is C14H21ClN2O2. The Morgan fingerprint density at radius 3 is 2.63 bits per heavy atom. The zero-order valence-corrected chi connectivity index (χ0v) is 12.4. The Morgan fingerprint density at radius 1 is 1.42 bits per heavy atom. The number of nitrogens with zero attached hydrogens (tertiary/aromatic N) is 1. The normalized spacial score (nSPS) is 11.7. The average molecular weight is 285 g/mol. The Labute approximate surface area is 119 Å². The van der Waals surface area contributed by atoms with Gasteiger partial charge in [-0.3, -0.25) is 9.69 Å². The molecule has 0 unspecified atom stereocenters. The average Bonchev–Trinajstić information content (AvgIpc) is 2.38. The van der Waals surface area contributed by atoms with Crippen LogP contribution in [-0.2, 0) is 4.79 Å². The van der Waals surface area contributed by atoms with E-state index in [0.29, 0.717) is 23.7 Å². The zero-order chi connectivity index (χ0) is 14.5.